The van der Waals surface area contributed by atoms with E-state index in [1.54, 1.807) is 12.2 Å². The Morgan fingerprint density at radius 2 is 2.12 bits per heavy atom. The van der Waals surface area contributed by atoms with Crippen LogP contribution in [0.5, 0.6) is 0 Å². The summed E-state index contributed by atoms with van der Waals surface area (Å²) in [7, 11) is 2.17. The average Bonchev–Trinajstić information content (AvgIpc) is 2.33. The van der Waals surface area contributed by atoms with Crippen LogP contribution in [0.1, 0.15) is 26.2 Å². The number of hydrogen-bond acceptors (Lipinski definition) is 1. The highest BCUT2D eigenvalue weighted by Gasteiger charge is 2.32. The Hall–Kier alpha value is -0.890. The van der Waals surface area contributed by atoms with E-state index in [-0.39, 0.29) is 11.2 Å². The normalized spacial score (nSPS) is 31.4. The van der Waals surface area contributed by atoms with Crippen molar-refractivity contribution in [2.45, 2.75) is 26.2 Å². The van der Waals surface area contributed by atoms with Crippen LogP contribution in [-0.2, 0) is 0 Å². The summed E-state index contributed by atoms with van der Waals surface area (Å²) in [6.07, 6.45) is 8.38. The van der Waals surface area contributed by atoms with Gasteiger partial charge in [0.2, 0.25) is 0 Å². The number of rotatable bonds is 2. The van der Waals surface area contributed by atoms with Gasteiger partial charge in [0.05, 0.1) is 0 Å². The lowest BCUT2D eigenvalue weighted by Crippen LogP contribution is -2.34. The summed E-state index contributed by atoms with van der Waals surface area (Å²) in [5.41, 5.74) is 1.24. The van der Waals surface area contributed by atoms with Crippen molar-refractivity contribution in [2.24, 2.45) is 11.3 Å². The van der Waals surface area contributed by atoms with Crippen LogP contribution < -0.4 is 0 Å². The Morgan fingerprint density at radius 3 is 2.65 bits per heavy atom. The predicted octanol–water partition coefficient (Wildman–Crippen LogP) is 3.70. The fourth-order valence-corrected chi connectivity index (χ4v) is 2.77. The number of allylic oxidation sites excluding steroid dienone is 5. The van der Waals surface area contributed by atoms with Gasteiger partial charge >= 0.3 is 0 Å². The van der Waals surface area contributed by atoms with Crippen LogP contribution in [0.25, 0.3) is 0 Å². The van der Waals surface area contributed by atoms with Gasteiger partial charge in [0.25, 0.3) is 0 Å². The molecule has 17 heavy (non-hydrogen) atoms. The van der Waals surface area contributed by atoms with Crippen LogP contribution in [0.3, 0.4) is 0 Å². The minimum Gasteiger partial charge on any atom is -0.306 e. The molecule has 1 nitrogen and oxygen atoms in total. The van der Waals surface area contributed by atoms with Crippen LogP contribution in [0.15, 0.2) is 36.2 Å². The van der Waals surface area contributed by atoms with Crippen molar-refractivity contribution in [3.63, 3.8) is 0 Å². The zero-order valence-electron chi connectivity index (χ0n) is 10.9. The third-order valence-electron chi connectivity index (χ3n) is 4.28. The Morgan fingerprint density at radius 1 is 1.47 bits per heavy atom. The topological polar surface area (TPSA) is 3.24 Å². The summed E-state index contributed by atoms with van der Waals surface area (Å²) >= 11 is 0. The van der Waals surface area contributed by atoms with E-state index in [1.807, 2.05) is 6.08 Å². The molecule has 0 radical (unpaired) electrons. The molecule has 0 N–H and O–H groups in total. The van der Waals surface area contributed by atoms with Gasteiger partial charge in [-0.15, -0.1) is 0 Å². The number of halogens is 1. The predicted molar refractivity (Wildman–Crippen MR) is 70.4 cm³/mol. The number of hydrogen-bond donors (Lipinski definition) is 0. The van der Waals surface area contributed by atoms with Gasteiger partial charge in [0, 0.05) is 5.41 Å². The van der Waals surface area contributed by atoms with Crippen molar-refractivity contribution in [3.05, 3.63) is 36.2 Å². The van der Waals surface area contributed by atoms with Gasteiger partial charge in [0.1, 0.15) is 5.83 Å². The van der Waals surface area contributed by atoms with Crippen LogP contribution in [0, 0.1) is 11.3 Å². The molecule has 2 heteroatoms. The van der Waals surface area contributed by atoms with E-state index in [0.717, 1.165) is 19.5 Å². The first-order chi connectivity index (χ1) is 8.01. The first-order valence-corrected chi connectivity index (χ1v) is 6.44. The summed E-state index contributed by atoms with van der Waals surface area (Å²) in [4.78, 5) is 2.36. The lowest BCUT2D eigenvalue weighted by atomic mass is 9.70. The SMILES string of the molecule is C=C(C1CCN(C)CC1)C1(C)C=CC(F)=CC1. The van der Waals surface area contributed by atoms with Gasteiger partial charge in [-0.1, -0.05) is 25.2 Å². The van der Waals surface area contributed by atoms with Crippen molar-refractivity contribution in [1.82, 2.24) is 4.90 Å². The van der Waals surface area contributed by atoms with Gasteiger partial charge in [-0.3, -0.25) is 0 Å². The van der Waals surface area contributed by atoms with E-state index in [2.05, 4.69) is 25.5 Å². The molecule has 0 aromatic rings. The molecular formula is C15H22FN. The molecule has 94 valence electrons. The first-order valence-electron chi connectivity index (χ1n) is 6.44. The molecule has 1 aliphatic heterocycles. The van der Waals surface area contributed by atoms with Crippen molar-refractivity contribution in [3.8, 4) is 0 Å². The molecule has 0 amide bonds. The Balaban J connectivity index is 2.03. The number of likely N-dealkylation sites (tertiary alicyclic amines) is 1. The minimum atomic E-state index is -0.112. The highest BCUT2D eigenvalue weighted by molar-refractivity contribution is 5.30. The maximum atomic E-state index is 13.0. The maximum Gasteiger partial charge on any atom is 0.118 e. The molecule has 1 atom stereocenters. The van der Waals surface area contributed by atoms with E-state index < -0.39 is 0 Å². The van der Waals surface area contributed by atoms with E-state index in [9.17, 15) is 4.39 Å². The van der Waals surface area contributed by atoms with Crippen molar-refractivity contribution >= 4 is 0 Å². The quantitative estimate of drug-likeness (QED) is 0.660. The van der Waals surface area contributed by atoms with E-state index in [1.165, 1.54) is 18.4 Å². The summed E-state index contributed by atoms with van der Waals surface area (Å²) in [6, 6.07) is 0. The molecule has 0 aromatic heterocycles. The maximum absolute atomic E-state index is 13.0. The van der Waals surface area contributed by atoms with Gasteiger partial charge in [0.15, 0.2) is 0 Å². The molecule has 1 fully saturated rings. The second-order valence-corrected chi connectivity index (χ2v) is 5.65. The minimum absolute atomic E-state index is 0.0455. The highest BCUT2D eigenvalue weighted by Crippen LogP contribution is 2.42. The van der Waals surface area contributed by atoms with Gasteiger partial charge in [-0.2, -0.15) is 0 Å². The molecule has 0 saturated carbocycles. The summed E-state index contributed by atoms with van der Waals surface area (Å²) in [5.74, 6) is 0.481. The Kier molecular flexibility index (Phi) is 3.53. The fraction of sp³-hybridized carbons (Fsp3) is 0.600. The molecule has 0 aromatic carbocycles. The number of piperidine rings is 1. The Bertz CT molecular complexity index is 361. The largest absolute Gasteiger partial charge is 0.306 e. The molecule has 1 heterocycles. The van der Waals surface area contributed by atoms with Crippen molar-refractivity contribution in [1.29, 1.82) is 0 Å². The average molecular weight is 235 g/mol. The van der Waals surface area contributed by atoms with E-state index in [4.69, 9.17) is 0 Å². The van der Waals surface area contributed by atoms with Crippen LogP contribution >= 0.6 is 0 Å². The second kappa shape index (κ2) is 4.77. The third-order valence-corrected chi connectivity index (χ3v) is 4.28. The lowest BCUT2D eigenvalue weighted by Gasteiger charge is -2.38. The van der Waals surface area contributed by atoms with E-state index >= 15 is 0 Å². The molecule has 2 aliphatic rings. The van der Waals surface area contributed by atoms with Crippen molar-refractivity contribution in [2.75, 3.05) is 20.1 Å². The van der Waals surface area contributed by atoms with Crippen LogP contribution in [0.2, 0.25) is 0 Å². The smallest absolute Gasteiger partial charge is 0.118 e. The first kappa shape index (κ1) is 12.6. The Labute approximate surface area is 104 Å². The molecular weight excluding hydrogens is 213 g/mol. The molecule has 0 spiro atoms. The van der Waals surface area contributed by atoms with Crippen molar-refractivity contribution < 1.29 is 4.39 Å². The summed E-state index contributed by atoms with van der Waals surface area (Å²) in [6.45, 7) is 8.77. The van der Waals surface area contributed by atoms with Gasteiger partial charge in [-0.25, -0.2) is 4.39 Å². The summed E-state index contributed by atoms with van der Waals surface area (Å²) < 4.78 is 13.0. The molecule has 1 saturated heterocycles. The van der Waals surface area contributed by atoms with Gasteiger partial charge < -0.3 is 4.90 Å². The van der Waals surface area contributed by atoms with E-state index in [0.29, 0.717) is 5.92 Å². The monoisotopic (exact) mass is 235 g/mol. The summed E-state index contributed by atoms with van der Waals surface area (Å²) in [5, 5.41) is 0. The molecule has 1 aliphatic carbocycles. The van der Waals surface area contributed by atoms with Gasteiger partial charge in [-0.05, 0) is 57.5 Å². The molecule has 2 rings (SSSR count). The molecule has 1 unspecified atom stereocenters. The zero-order valence-corrected chi connectivity index (χ0v) is 10.9. The standard InChI is InChI=1S/C15H22FN/c1-12(13-6-10-17(3)11-7-13)15(2)8-4-14(16)5-9-15/h4-5,8,13H,1,6-7,9-11H2,2-3H3. The highest BCUT2D eigenvalue weighted by atomic mass is 19.1. The zero-order chi connectivity index (χ0) is 12.5. The van der Waals surface area contributed by atoms with Crippen LogP contribution in [-0.4, -0.2) is 25.0 Å². The van der Waals surface area contributed by atoms with Crippen LogP contribution in [0.4, 0.5) is 4.39 Å². The fourth-order valence-electron chi connectivity index (χ4n) is 2.77. The number of nitrogens with zero attached hydrogens (tertiary/aromatic N) is 1. The molecule has 0 bridgehead atoms. The third kappa shape index (κ3) is 2.68. The lowest BCUT2D eigenvalue weighted by molar-refractivity contribution is 0.224. The second-order valence-electron chi connectivity index (χ2n) is 5.65.